The number of rotatable bonds is 9. The van der Waals surface area contributed by atoms with Crippen LogP contribution in [0.2, 0.25) is 0 Å². The normalized spacial score (nSPS) is 11.0. The van der Waals surface area contributed by atoms with Gasteiger partial charge in [-0.15, -0.1) is 11.3 Å². The number of para-hydroxylation sites is 1. The molecule has 1 heterocycles. The third kappa shape index (κ3) is 6.12. The first-order chi connectivity index (χ1) is 12.0. The van der Waals surface area contributed by atoms with Crippen molar-refractivity contribution >= 4 is 33.4 Å². The molecule has 0 bridgehead atoms. The lowest BCUT2D eigenvalue weighted by molar-refractivity contribution is -0.136. The summed E-state index contributed by atoms with van der Waals surface area (Å²) in [6.07, 6.45) is 3.12. The van der Waals surface area contributed by atoms with Crippen LogP contribution < -0.4 is 5.32 Å². The largest absolute Gasteiger partial charge is 0.352 e. The van der Waals surface area contributed by atoms with Crippen LogP contribution in [0, 0.1) is 0 Å². The van der Waals surface area contributed by atoms with Crippen molar-refractivity contribution in [3.8, 4) is 0 Å². The summed E-state index contributed by atoms with van der Waals surface area (Å²) in [7, 11) is 0. The number of hydrogen-bond donors (Lipinski definition) is 1. The molecule has 0 saturated carbocycles. The maximum Gasteiger partial charge on any atom is 0.239 e. The molecule has 25 heavy (non-hydrogen) atoms. The van der Waals surface area contributed by atoms with E-state index in [1.54, 1.807) is 16.2 Å². The second-order valence-corrected chi connectivity index (χ2v) is 7.53. The molecule has 0 aliphatic carbocycles. The van der Waals surface area contributed by atoms with Gasteiger partial charge in [-0.2, -0.15) is 0 Å². The Balaban J connectivity index is 1.73. The van der Waals surface area contributed by atoms with E-state index < -0.39 is 0 Å². The van der Waals surface area contributed by atoms with Gasteiger partial charge in [0.05, 0.1) is 21.8 Å². The molecule has 1 aromatic heterocycles. The zero-order valence-corrected chi connectivity index (χ0v) is 16.1. The number of hydrogen-bond acceptors (Lipinski definition) is 4. The molecule has 1 aromatic carbocycles. The van der Waals surface area contributed by atoms with Gasteiger partial charge in [0.2, 0.25) is 11.8 Å². The molecule has 2 amide bonds. The molecular formula is C19H27N3O2S. The molecule has 0 aliphatic rings. The summed E-state index contributed by atoms with van der Waals surface area (Å²) in [6.45, 7) is 6.44. The molecule has 2 aromatic rings. The second kappa shape index (κ2) is 9.51. The van der Waals surface area contributed by atoms with E-state index in [-0.39, 0.29) is 24.4 Å². The minimum absolute atomic E-state index is 0.0470. The van der Waals surface area contributed by atoms with Gasteiger partial charge < -0.3 is 10.2 Å². The molecule has 0 unspecified atom stereocenters. The molecule has 136 valence electrons. The van der Waals surface area contributed by atoms with E-state index in [2.05, 4.69) is 16.4 Å². The molecule has 0 aliphatic heterocycles. The molecular weight excluding hydrogens is 334 g/mol. The molecule has 1 N–H and O–H groups in total. The molecule has 2 rings (SSSR count). The van der Waals surface area contributed by atoms with Gasteiger partial charge in [0, 0.05) is 19.0 Å². The number of aryl methyl sites for hydroxylation is 1. The second-order valence-electron chi connectivity index (χ2n) is 6.41. The molecule has 5 nitrogen and oxygen atoms in total. The van der Waals surface area contributed by atoms with Gasteiger partial charge in [-0.3, -0.25) is 9.59 Å². The van der Waals surface area contributed by atoms with Gasteiger partial charge >= 0.3 is 0 Å². The Kier molecular flexibility index (Phi) is 7.37. The summed E-state index contributed by atoms with van der Waals surface area (Å²) in [4.78, 5) is 30.3. The van der Waals surface area contributed by atoms with E-state index in [0.717, 1.165) is 29.8 Å². The van der Waals surface area contributed by atoms with Crippen molar-refractivity contribution in [3.63, 3.8) is 0 Å². The number of aromatic nitrogens is 1. The first-order valence-corrected chi connectivity index (χ1v) is 9.72. The fourth-order valence-electron chi connectivity index (χ4n) is 2.65. The third-order valence-corrected chi connectivity index (χ3v) is 4.98. The minimum atomic E-state index is -0.0975. The van der Waals surface area contributed by atoms with Gasteiger partial charge in [-0.25, -0.2) is 4.98 Å². The molecule has 0 radical (unpaired) electrons. The van der Waals surface area contributed by atoms with Crippen molar-refractivity contribution in [1.29, 1.82) is 0 Å². The topological polar surface area (TPSA) is 62.3 Å². The summed E-state index contributed by atoms with van der Waals surface area (Å²) in [5.74, 6) is -0.0506. The highest BCUT2D eigenvalue weighted by atomic mass is 32.1. The van der Waals surface area contributed by atoms with Gasteiger partial charge in [0.25, 0.3) is 0 Å². The Morgan fingerprint density at radius 2 is 2.00 bits per heavy atom. The van der Waals surface area contributed by atoms with E-state index in [0.29, 0.717) is 13.0 Å². The number of fused-ring (bicyclic) bond motifs is 1. The van der Waals surface area contributed by atoms with E-state index in [9.17, 15) is 9.59 Å². The Bertz CT molecular complexity index is 679. The predicted molar refractivity (Wildman–Crippen MR) is 103 cm³/mol. The average molecular weight is 362 g/mol. The predicted octanol–water partition coefficient (Wildman–Crippen LogP) is 3.38. The molecule has 0 saturated heterocycles. The highest BCUT2D eigenvalue weighted by Crippen LogP contribution is 2.22. The van der Waals surface area contributed by atoms with E-state index in [1.807, 2.05) is 39.0 Å². The van der Waals surface area contributed by atoms with Crippen LogP contribution in [0.25, 0.3) is 10.2 Å². The van der Waals surface area contributed by atoms with Crippen LogP contribution in [0.3, 0.4) is 0 Å². The van der Waals surface area contributed by atoms with Crippen molar-refractivity contribution in [3.05, 3.63) is 29.3 Å². The van der Waals surface area contributed by atoms with Crippen molar-refractivity contribution in [2.24, 2.45) is 0 Å². The number of benzene rings is 1. The van der Waals surface area contributed by atoms with Crippen LogP contribution in [0.5, 0.6) is 0 Å². The van der Waals surface area contributed by atoms with Crippen molar-refractivity contribution in [2.75, 3.05) is 13.1 Å². The number of thiazole rings is 1. The first-order valence-electron chi connectivity index (χ1n) is 8.91. The van der Waals surface area contributed by atoms with Crippen molar-refractivity contribution < 1.29 is 9.59 Å². The van der Waals surface area contributed by atoms with Crippen LogP contribution in [0.1, 0.15) is 45.0 Å². The standard InChI is InChI=1S/C19H27N3O2S/c1-4-22(13-17(23)20-14(2)3)19(24)12-8-7-11-18-21-15-9-5-6-10-16(15)25-18/h5-6,9-10,14H,4,7-8,11-13H2,1-3H3,(H,20,23). The van der Waals surface area contributed by atoms with Crippen molar-refractivity contribution in [2.45, 2.75) is 52.5 Å². The summed E-state index contributed by atoms with van der Waals surface area (Å²) in [5, 5.41) is 3.95. The van der Waals surface area contributed by atoms with Crippen LogP contribution >= 0.6 is 11.3 Å². The number of amides is 2. The lowest BCUT2D eigenvalue weighted by atomic mass is 10.2. The number of carbonyl (C=O) groups is 2. The van der Waals surface area contributed by atoms with Gasteiger partial charge in [0.15, 0.2) is 0 Å². The zero-order chi connectivity index (χ0) is 18.2. The Labute approximate surface area is 153 Å². The molecule has 0 atom stereocenters. The monoisotopic (exact) mass is 361 g/mol. The quantitative estimate of drug-likeness (QED) is 0.697. The fraction of sp³-hybridized carbons (Fsp3) is 0.526. The number of nitrogens with one attached hydrogen (secondary N) is 1. The van der Waals surface area contributed by atoms with Crippen LogP contribution in [0.4, 0.5) is 0 Å². The van der Waals surface area contributed by atoms with Gasteiger partial charge in [-0.1, -0.05) is 12.1 Å². The molecule has 0 spiro atoms. The van der Waals surface area contributed by atoms with Crippen LogP contribution in [-0.4, -0.2) is 40.8 Å². The summed E-state index contributed by atoms with van der Waals surface area (Å²) < 4.78 is 1.21. The number of nitrogens with zero attached hydrogens (tertiary/aromatic N) is 2. The average Bonchev–Trinajstić information content (AvgIpc) is 2.98. The number of carbonyl (C=O) groups excluding carboxylic acids is 2. The summed E-state index contributed by atoms with van der Waals surface area (Å²) in [6, 6.07) is 8.23. The smallest absolute Gasteiger partial charge is 0.239 e. The van der Waals surface area contributed by atoms with E-state index in [4.69, 9.17) is 0 Å². The molecule has 0 fully saturated rings. The summed E-state index contributed by atoms with van der Waals surface area (Å²) >= 11 is 1.72. The Hall–Kier alpha value is -1.95. The summed E-state index contributed by atoms with van der Waals surface area (Å²) in [5.41, 5.74) is 1.05. The lowest BCUT2D eigenvalue weighted by Gasteiger charge is -2.21. The maximum atomic E-state index is 12.3. The minimum Gasteiger partial charge on any atom is -0.352 e. The first kappa shape index (κ1) is 19.4. The third-order valence-electron chi connectivity index (χ3n) is 3.89. The van der Waals surface area contributed by atoms with E-state index >= 15 is 0 Å². The zero-order valence-electron chi connectivity index (χ0n) is 15.2. The van der Waals surface area contributed by atoms with Crippen LogP contribution in [0.15, 0.2) is 24.3 Å². The Morgan fingerprint density at radius 1 is 1.24 bits per heavy atom. The van der Waals surface area contributed by atoms with Gasteiger partial charge in [-0.05, 0) is 52.2 Å². The lowest BCUT2D eigenvalue weighted by Crippen LogP contribution is -2.42. The number of unbranched alkanes of at least 4 members (excludes halogenated alkanes) is 1. The highest BCUT2D eigenvalue weighted by Gasteiger charge is 2.15. The molecule has 6 heteroatoms. The SMILES string of the molecule is CCN(CC(=O)NC(C)C)C(=O)CCCCc1nc2ccccc2s1. The maximum absolute atomic E-state index is 12.3. The number of likely N-dealkylation sites (N-methyl/N-ethyl adjacent to an activating group) is 1. The fourth-order valence-corrected chi connectivity index (χ4v) is 3.66. The van der Waals surface area contributed by atoms with Crippen molar-refractivity contribution in [1.82, 2.24) is 15.2 Å². The van der Waals surface area contributed by atoms with E-state index in [1.165, 1.54) is 4.70 Å². The van der Waals surface area contributed by atoms with Crippen LogP contribution in [-0.2, 0) is 16.0 Å². The Morgan fingerprint density at radius 3 is 2.68 bits per heavy atom. The highest BCUT2D eigenvalue weighted by molar-refractivity contribution is 7.18. The van der Waals surface area contributed by atoms with Gasteiger partial charge in [0.1, 0.15) is 0 Å².